The molecule has 0 spiro atoms. The number of fused-ring (bicyclic) bond motifs is 2. The molecule has 2 fully saturated rings. The van der Waals surface area contributed by atoms with Gasteiger partial charge < -0.3 is 0 Å². The Balaban J connectivity index is 1.69. The van der Waals surface area contributed by atoms with Gasteiger partial charge in [-0.1, -0.05) is 0 Å². The molecule has 1 amide bonds. The van der Waals surface area contributed by atoms with Crippen molar-refractivity contribution in [2.75, 3.05) is 13.1 Å². The fourth-order valence-corrected chi connectivity index (χ4v) is 3.72. The third kappa shape index (κ3) is 2.19. The highest BCUT2D eigenvalue weighted by atomic mass is 19.4. The number of carbonyl (C=O) groups excluding carboxylic acids is 1. The lowest BCUT2D eigenvalue weighted by atomic mass is 9.98. The molecule has 0 radical (unpaired) electrons. The second-order valence-corrected chi connectivity index (χ2v) is 6.55. The summed E-state index contributed by atoms with van der Waals surface area (Å²) >= 11 is 0. The van der Waals surface area contributed by atoms with Crippen molar-refractivity contribution in [3.63, 3.8) is 0 Å². The van der Waals surface area contributed by atoms with Crippen LogP contribution >= 0.6 is 0 Å². The number of nitrogens with two attached hydrogens (primary N) is 1. The van der Waals surface area contributed by atoms with Crippen molar-refractivity contribution >= 4 is 5.91 Å². The van der Waals surface area contributed by atoms with E-state index >= 15 is 0 Å². The quantitative estimate of drug-likeness (QED) is 0.671. The molecule has 2 heterocycles. The molecule has 1 aromatic rings. The molecule has 2 aliphatic heterocycles. The van der Waals surface area contributed by atoms with Gasteiger partial charge in [0.2, 0.25) is 0 Å². The van der Waals surface area contributed by atoms with Crippen LogP contribution in [-0.2, 0) is 19.3 Å². The Bertz CT molecular complexity index is 648. The Morgan fingerprint density at radius 1 is 1.23 bits per heavy atom. The van der Waals surface area contributed by atoms with Crippen LogP contribution in [0.2, 0.25) is 0 Å². The Morgan fingerprint density at radius 2 is 1.91 bits per heavy atom. The van der Waals surface area contributed by atoms with Crippen molar-refractivity contribution in [3.8, 4) is 0 Å². The molecule has 118 valence electrons. The molecule has 2 unspecified atom stereocenters. The number of halogens is 3. The second-order valence-electron chi connectivity index (χ2n) is 6.55. The van der Waals surface area contributed by atoms with E-state index < -0.39 is 17.6 Å². The summed E-state index contributed by atoms with van der Waals surface area (Å²) in [5.41, 5.74) is -0.105. The van der Waals surface area contributed by atoms with E-state index in [0.29, 0.717) is 12.1 Å². The van der Waals surface area contributed by atoms with E-state index in [9.17, 15) is 18.0 Å². The number of alkyl halides is 3. The van der Waals surface area contributed by atoms with Gasteiger partial charge in [-0.25, -0.2) is 5.84 Å². The molecule has 0 bridgehead atoms. The second kappa shape index (κ2) is 4.45. The monoisotopic (exact) mass is 311 g/mol. The highest BCUT2D eigenvalue weighted by Gasteiger charge is 2.45. The van der Waals surface area contributed by atoms with Gasteiger partial charge >= 0.3 is 6.18 Å². The normalized spacial score (nSPS) is 27.3. The first-order valence-electron chi connectivity index (χ1n) is 7.35. The van der Waals surface area contributed by atoms with Gasteiger partial charge in [0.05, 0.1) is 12.1 Å². The SMILES string of the molecule is NN1Cc2c(cc(CN3CC4CC4C3)cc2C(F)(F)F)C1=O. The summed E-state index contributed by atoms with van der Waals surface area (Å²) in [5, 5.41) is 0.842. The molecular formula is C15H16F3N3O. The lowest BCUT2D eigenvalue weighted by Gasteiger charge is -2.19. The number of carbonyl (C=O) groups is 1. The van der Waals surface area contributed by atoms with E-state index in [2.05, 4.69) is 4.90 Å². The van der Waals surface area contributed by atoms with Gasteiger partial charge in [0, 0.05) is 25.2 Å². The zero-order chi connectivity index (χ0) is 15.6. The van der Waals surface area contributed by atoms with Crippen LogP contribution in [0.1, 0.15) is 33.5 Å². The molecule has 2 atom stereocenters. The lowest BCUT2D eigenvalue weighted by molar-refractivity contribution is -0.138. The van der Waals surface area contributed by atoms with E-state index in [1.54, 1.807) is 6.07 Å². The smallest absolute Gasteiger partial charge is 0.299 e. The summed E-state index contributed by atoms with van der Waals surface area (Å²) in [5.74, 6) is 6.39. The summed E-state index contributed by atoms with van der Waals surface area (Å²) in [7, 11) is 0. The fraction of sp³-hybridized carbons (Fsp3) is 0.533. The summed E-state index contributed by atoms with van der Waals surface area (Å²) in [4.78, 5) is 14.1. The van der Waals surface area contributed by atoms with Crippen molar-refractivity contribution in [1.29, 1.82) is 0 Å². The minimum atomic E-state index is -4.47. The third-order valence-corrected chi connectivity index (χ3v) is 4.90. The number of hydrogen-bond donors (Lipinski definition) is 1. The zero-order valence-electron chi connectivity index (χ0n) is 11.9. The minimum absolute atomic E-state index is 0.00646. The maximum absolute atomic E-state index is 13.3. The molecule has 3 aliphatic rings. The van der Waals surface area contributed by atoms with Crippen molar-refractivity contribution in [2.24, 2.45) is 17.7 Å². The number of likely N-dealkylation sites (tertiary alicyclic amines) is 1. The average Bonchev–Trinajstić information content (AvgIpc) is 2.93. The van der Waals surface area contributed by atoms with Gasteiger partial charge in [-0.3, -0.25) is 14.7 Å². The summed E-state index contributed by atoms with van der Waals surface area (Å²) in [6.07, 6.45) is -3.23. The summed E-state index contributed by atoms with van der Waals surface area (Å²) in [6, 6.07) is 2.75. The van der Waals surface area contributed by atoms with E-state index in [4.69, 9.17) is 5.84 Å². The predicted molar refractivity (Wildman–Crippen MR) is 72.4 cm³/mol. The van der Waals surface area contributed by atoms with Crippen LogP contribution in [0.25, 0.3) is 0 Å². The van der Waals surface area contributed by atoms with Gasteiger partial charge in [0.15, 0.2) is 0 Å². The number of amides is 1. The van der Waals surface area contributed by atoms with Crippen LogP contribution in [0.15, 0.2) is 12.1 Å². The Hall–Kier alpha value is -1.60. The summed E-state index contributed by atoms with van der Waals surface area (Å²) in [6.45, 7) is 2.17. The molecule has 1 aromatic carbocycles. The van der Waals surface area contributed by atoms with Crippen molar-refractivity contribution < 1.29 is 18.0 Å². The number of hydrazine groups is 1. The third-order valence-electron chi connectivity index (χ3n) is 4.90. The van der Waals surface area contributed by atoms with Gasteiger partial charge in [-0.15, -0.1) is 0 Å². The van der Waals surface area contributed by atoms with Crippen LogP contribution < -0.4 is 5.84 Å². The molecule has 22 heavy (non-hydrogen) atoms. The molecule has 7 heteroatoms. The van der Waals surface area contributed by atoms with Gasteiger partial charge in [0.1, 0.15) is 0 Å². The first kappa shape index (κ1) is 14.0. The standard InChI is InChI=1S/C15H16F3N3O/c16-15(17,18)13-2-8(4-20-5-9-3-10(9)6-20)1-11-12(13)7-21(19)14(11)22/h1-2,9-10H,3-7,19H2. The largest absolute Gasteiger partial charge is 0.416 e. The average molecular weight is 311 g/mol. The van der Waals surface area contributed by atoms with Crippen molar-refractivity contribution in [2.45, 2.75) is 25.7 Å². The van der Waals surface area contributed by atoms with E-state index in [1.165, 1.54) is 12.5 Å². The predicted octanol–water partition coefficient (Wildman–Crippen LogP) is 1.99. The molecule has 4 rings (SSSR count). The van der Waals surface area contributed by atoms with E-state index in [-0.39, 0.29) is 17.7 Å². The molecule has 1 saturated heterocycles. The van der Waals surface area contributed by atoms with Crippen LogP contribution in [0.3, 0.4) is 0 Å². The highest BCUT2D eigenvalue weighted by Crippen LogP contribution is 2.45. The molecule has 4 nitrogen and oxygen atoms in total. The number of piperidine rings is 1. The molecular weight excluding hydrogens is 295 g/mol. The van der Waals surface area contributed by atoms with Crippen LogP contribution in [0.4, 0.5) is 13.2 Å². The van der Waals surface area contributed by atoms with Crippen LogP contribution in [0, 0.1) is 11.8 Å². The number of rotatable bonds is 2. The van der Waals surface area contributed by atoms with Crippen molar-refractivity contribution in [3.05, 3.63) is 34.4 Å². The lowest BCUT2D eigenvalue weighted by Crippen LogP contribution is -2.30. The maximum atomic E-state index is 13.3. The highest BCUT2D eigenvalue weighted by molar-refractivity contribution is 5.98. The first-order valence-corrected chi connectivity index (χ1v) is 7.35. The Kier molecular flexibility index (Phi) is 2.84. The molecule has 2 N–H and O–H groups in total. The minimum Gasteiger partial charge on any atom is -0.299 e. The maximum Gasteiger partial charge on any atom is 0.416 e. The van der Waals surface area contributed by atoms with Gasteiger partial charge in [0.25, 0.3) is 5.91 Å². The van der Waals surface area contributed by atoms with E-state index in [1.807, 2.05) is 0 Å². The fourth-order valence-electron chi connectivity index (χ4n) is 3.72. The van der Waals surface area contributed by atoms with E-state index in [0.717, 1.165) is 29.9 Å². The number of hydrogen-bond acceptors (Lipinski definition) is 3. The van der Waals surface area contributed by atoms with Crippen LogP contribution in [-0.4, -0.2) is 28.9 Å². The topological polar surface area (TPSA) is 49.6 Å². The Labute approximate surface area is 125 Å². The molecule has 0 aromatic heterocycles. The zero-order valence-corrected chi connectivity index (χ0v) is 11.9. The molecule has 1 aliphatic carbocycles. The number of benzene rings is 1. The van der Waals surface area contributed by atoms with Crippen LogP contribution in [0.5, 0.6) is 0 Å². The Morgan fingerprint density at radius 3 is 2.55 bits per heavy atom. The van der Waals surface area contributed by atoms with Crippen molar-refractivity contribution in [1.82, 2.24) is 9.91 Å². The van der Waals surface area contributed by atoms with Gasteiger partial charge in [-0.2, -0.15) is 13.2 Å². The summed E-state index contributed by atoms with van der Waals surface area (Å²) < 4.78 is 39.8. The number of nitrogens with zero attached hydrogens (tertiary/aromatic N) is 2. The molecule has 1 saturated carbocycles. The van der Waals surface area contributed by atoms with Gasteiger partial charge in [-0.05, 0) is 41.5 Å². The first-order chi connectivity index (χ1) is 10.3.